The van der Waals surface area contributed by atoms with Crippen LogP contribution < -0.4 is 4.74 Å². The SMILES string of the molecule is C=Cc1ccc(OCC(C)C)c(F)c1. The predicted molar refractivity (Wildman–Crippen MR) is 56.8 cm³/mol. The molecule has 1 aromatic rings. The largest absolute Gasteiger partial charge is 0.490 e. The molecule has 0 spiro atoms. The van der Waals surface area contributed by atoms with Crippen molar-refractivity contribution in [1.29, 1.82) is 0 Å². The lowest BCUT2D eigenvalue weighted by Crippen LogP contribution is -2.05. The summed E-state index contributed by atoms with van der Waals surface area (Å²) in [6.07, 6.45) is 1.61. The van der Waals surface area contributed by atoms with Gasteiger partial charge in [0.15, 0.2) is 11.6 Å². The maximum Gasteiger partial charge on any atom is 0.165 e. The van der Waals surface area contributed by atoms with Crippen LogP contribution in [0.15, 0.2) is 24.8 Å². The van der Waals surface area contributed by atoms with E-state index in [1.54, 1.807) is 18.2 Å². The minimum Gasteiger partial charge on any atom is -0.490 e. The molecule has 0 saturated carbocycles. The molecule has 2 heteroatoms. The molecule has 76 valence electrons. The minimum absolute atomic E-state index is 0.310. The Morgan fingerprint density at radius 3 is 2.71 bits per heavy atom. The Labute approximate surface area is 84.2 Å². The Kier molecular flexibility index (Phi) is 3.69. The van der Waals surface area contributed by atoms with Gasteiger partial charge in [-0.25, -0.2) is 4.39 Å². The van der Waals surface area contributed by atoms with Gasteiger partial charge < -0.3 is 4.74 Å². The molecule has 0 N–H and O–H groups in total. The Bertz CT molecular complexity index is 318. The molecule has 1 aromatic carbocycles. The highest BCUT2D eigenvalue weighted by molar-refractivity contribution is 5.48. The highest BCUT2D eigenvalue weighted by Crippen LogP contribution is 2.19. The van der Waals surface area contributed by atoms with Crippen LogP contribution in [0.5, 0.6) is 5.75 Å². The summed E-state index contributed by atoms with van der Waals surface area (Å²) in [7, 11) is 0. The molecule has 0 fully saturated rings. The third kappa shape index (κ3) is 2.87. The molecule has 1 rings (SSSR count). The summed E-state index contributed by atoms with van der Waals surface area (Å²) in [4.78, 5) is 0. The molecule has 0 aliphatic rings. The van der Waals surface area contributed by atoms with Crippen LogP contribution in [0.1, 0.15) is 19.4 Å². The van der Waals surface area contributed by atoms with Crippen molar-refractivity contribution in [2.45, 2.75) is 13.8 Å². The van der Waals surface area contributed by atoms with E-state index in [1.165, 1.54) is 6.07 Å². The van der Waals surface area contributed by atoms with Gasteiger partial charge in [-0.2, -0.15) is 0 Å². The minimum atomic E-state index is -0.331. The highest BCUT2D eigenvalue weighted by atomic mass is 19.1. The third-order valence-electron chi connectivity index (χ3n) is 1.76. The maximum absolute atomic E-state index is 13.3. The van der Waals surface area contributed by atoms with Crippen molar-refractivity contribution in [3.8, 4) is 5.75 Å². The van der Waals surface area contributed by atoms with E-state index in [-0.39, 0.29) is 5.82 Å². The average molecular weight is 194 g/mol. The Balaban J connectivity index is 2.73. The average Bonchev–Trinajstić information content (AvgIpc) is 2.15. The number of hydrogen-bond donors (Lipinski definition) is 0. The van der Waals surface area contributed by atoms with Crippen LogP contribution in [-0.2, 0) is 0 Å². The molecular formula is C12H15FO. The van der Waals surface area contributed by atoms with E-state index in [2.05, 4.69) is 6.58 Å². The number of benzene rings is 1. The Morgan fingerprint density at radius 1 is 1.50 bits per heavy atom. The van der Waals surface area contributed by atoms with Crippen molar-refractivity contribution in [1.82, 2.24) is 0 Å². The Hall–Kier alpha value is -1.31. The molecule has 0 amide bonds. The normalized spacial score (nSPS) is 10.3. The fourth-order valence-electron chi connectivity index (χ4n) is 1.02. The van der Waals surface area contributed by atoms with Crippen LogP contribution >= 0.6 is 0 Å². The first-order valence-corrected chi connectivity index (χ1v) is 4.68. The molecule has 0 aromatic heterocycles. The zero-order chi connectivity index (χ0) is 10.6. The number of rotatable bonds is 4. The molecule has 0 aliphatic carbocycles. The number of hydrogen-bond acceptors (Lipinski definition) is 1. The lowest BCUT2D eigenvalue weighted by molar-refractivity contribution is 0.259. The summed E-state index contributed by atoms with van der Waals surface area (Å²) >= 11 is 0. The second-order valence-electron chi connectivity index (χ2n) is 3.60. The molecule has 0 unspecified atom stereocenters. The topological polar surface area (TPSA) is 9.23 Å². The van der Waals surface area contributed by atoms with Crippen molar-refractivity contribution in [3.63, 3.8) is 0 Å². The first-order chi connectivity index (χ1) is 6.63. The highest BCUT2D eigenvalue weighted by Gasteiger charge is 2.04. The zero-order valence-corrected chi connectivity index (χ0v) is 8.59. The van der Waals surface area contributed by atoms with Crippen molar-refractivity contribution >= 4 is 6.08 Å². The van der Waals surface area contributed by atoms with Gasteiger partial charge in [0.05, 0.1) is 6.61 Å². The maximum atomic E-state index is 13.3. The van der Waals surface area contributed by atoms with Crippen LogP contribution in [0.25, 0.3) is 6.08 Å². The van der Waals surface area contributed by atoms with Gasteiger partial charge in [-0.1, -0.05) is 32.6 Å². The molecule has 0 radical (unpaired) electrons. The molecule has 0 saturated heterocycles. The molecule has 0 heterocycles. The van der Waals surface area contributed by atoms with E-state index in [0.717, 1.165) is 5.56 Å². The second kappa shape index (κ2) is 4.80. The zero-order valence-electron chi connectivity index (χ0n) is 8.59. The van der Waals surface area contributed by atoms with Crippen LogP contribution in [-0.4, -0.2) is 6.61 Å². The smallest absolute Gasteiger partial charge is 0.165 e. The van der Waals surface area contributed by atoms with E-state index in [9.17, 15) is 4.39 Å². The third-order valence-corrected chi connectivity index (χ3v) is 1.76. The Morgan fingerprint density at radius 2 is 2.21 bits per heavy atom. The first kappa shape index (κ1) is 10.8. The predicted octanol–water partition coefficient (Wildman–Crippen LogP) is 3.50. The van der Waals surface area contributed by atoms with Gasteiger partial charge in [-0.3, -0.25) is 0 Å². The van der Waals surface area contributed by atoms with Crippen LogP contribution in [0.4, 0.5) is 4.39 Å². The van der Waals surface area contributed by atoms with E-state index in [4.69, 9.17) is 4.74 Å². The molecule has 0 atom stereocenters. The van der Waals surface area contributed by atoms with Gasteiger partial charge in [-0.05, 0) is 23.6 Å². The van der Waals surface area contributed by atoms with Gasteiger partial charge in [0.1, 0.15) is 0 Å². The van der Waals surface area contributed by atoms with E-state index < -0.39 is 0 Å². The lowest BCUT2D eigenvalue weighted by Gasteiger charge is -2.09. The van der Waals surface area contributed by atoms with Crippen molar-refractivity contribution in [2.75, 3.05) is 6.61 Å². The summed E-state index contributed by atoms with van der Waals surface area (Å²) in [6, 6.07) is 4.84. The van der Waals surface area contributed by atoms with Crippen LogP contribution in [0.3, 0.4) is 0 Å². The van der Waals surface area contributed by atoms with Gasteiger partial charge in [-0.15, -0.1) is 0 Å². The summed E-state index contributed by atoms with van der Waals surface area (Å²) in [5, 5.41) is 0. The van der Waals surface area contributed by atoms with Gasteiger partial charge >= 0.3 is 0 Å². The standard InChI is InChI=1S/C12H15FO/c1-4-10-5-6-12(11(13)7-10)14-8-9(2)3/h4-7,9H,1,8H2,2-3H3. The second-order valence-corrected chi connectivity index (χ2v) is 3.60. The fourth-order valence-corrected chi connectivity index (χ4v) is 1.02. The van der Waals surface area contributed by atoms with Crippen LogP contribution in [0.2, 0.25) is 0 Å². The summed E-state index contributed by atoms with van der Waals surface area (Å²) in [6.45, 7) is 8.15. The molecular weight excluding hydrogens is 179 g/mol. The lowest BCUT2D eigenvalue weighted by atomic mass is 10.2. The van der Waals surface area contributed by atoms with Crippen molar-refractivity contribution in [3.05, 3.63) is 36.2 Å². The van der Waals surface area contributed by atoms with E-state index in [1.807, 2.05) is 13.8 Å². The number of ether oxygens (including phenoxy) is 1. The van der Waals surface area contributed by atoms with Gasteiger partial charge in [0, 0.05) is 0 Å². The molecule has 0 bridgehead atoms. The first-order valence-electron chi connectivity index (χ1n) is 4.68. The summed E-state index contributed by atoms with van der Waals surface area (Å²) in [5.74, 6) is 0.376. The van der Waals surface area contributed by atoms with Crippen LogP contribution in [0, 0.1) is 11.7 Å². The molecule has 1 nitrogen and oxygen atoms in total. The van der Waals surface area contributed by atoms with E-state index in [0.29, 0.717) is 18.3 Å². The fraction of sp³-hybridized carbons (Fsp3) is 0.333. The van der Waals surface area contributed by atoms with Crippen molar-refractivity contribution < 1.29 is 9.13 Å². The molecule has 0 aliphatic heterocycles. The molecule has 14 heavy (non-hydrogen) atoms. The van der Waals surface area contributed by atoms with Crippen molar-refractivity contribution in [2.24, 2.45) is 5.92 Å². The summed E-state index contributed by atoms with van der Waals surface area (Å²) < 4.78 is 18.6. The van der Waals surface area contributed by atoms with Gasteiger partial charge in [0.2, 0.25) is 0 Å². The number of halogens is 1. The van der Waals surface area contributed by atoms with E-state index >= 15 is 0 Å². The monoisotopic (exact) mass is 194 g/mol. The quantitative estimate of drug-likeness (QED) is 0.712. The van der Waals surface area contributed by atoms with Gasteiger partial charge in [0.25, 0.3) is 0 Å². The summed E-state index contributed by atoms with van der Waals surface area (Å²) in [5.41, 5.74) is 0.763.